The number of benzene rings is 2. The van der Waals surface area contributed by atoms with Crippen LogP contribution >= 0.6 is 46.3 Å². The Bertz CT molecular complexity index is 1010. The third-order valence-corrected chi connectivity index (χ3v) is 6.36. The Morgan fingerprint density at radius 1 is 1.03 bits per heavy atom. The van der Waals surface area contributed by atoms with Crippen LogP contribution in [0.25, 0.3) is 0 Å². The SMILES string of the molecule is O=C(CSCc1ccc(Cl)cc1)Nc1nnc(CCNC(=O)c2ccccc2Cl)s1. The molecule has 0 spiro atoms. The van der Waals surface area contributed by atoms with Crippen LogP contribution in [0.2, 0.25) is 10.0 Å². The molecule has 2 amide bonds. The largest absolute Gasteiger partial charge is 0.352 e. The Kier molecular flexibility index (Phi) is 8.50. The zero-order valence-corrected chi connectivity index (χ0v) is 18.9. The van der Waals surface area contributed by atoms with Gasteiger partial charge in [-0.05, 0) is 29.8 Å². The molecule has 3 rings (SSSR count). The van der Waals surface area contributed by atoms with E-state index in [4.69, 9.17) is 23.2 Å². The predicted octanol–water partition coefficient (Wildman–Crippen LogP) is 4.69. The first-order valence-corrected chi connectivity index (χ1v) is 11.7. The van der Waals surface area contributed by atoms with Crippen LogP contribution in [0.15, 0.2) is 48.5 Å². The molecule has 0 radical (unpaired) electrons. The summed E-state index contributed by atoms with van der Waals surface area (Å²) < 4.78 is 0. The molecule has 156 valence electrons. The van der Waals surface area contributed by atoms with Crippen molar-refractivity contribution < 1.29 is 9.59 Å². The van der Waals surface area contributed by atoms with Crippen LogP contribution in [0.1, 0.15) is 20.9 Å². The van der Waals surface area contributed by atoms with Gasteiger partial charge in [0.25, 0.3) is 5.91 Å². The van der Waals surface area contributed by atoms with Crippen molar-refractivity contribution in [2.75, 3.05) is 17.6 Å². The number of hydrogen-bond acceptors (Lipinski definition) is 6. The molecule has 0 aliphatic rings. The van der Waals surface area contributed by atoms with Gasteiger partial charge in [0.15, 0.2) is 0 Å². The molecular weight excluding hydrogens is 463 g/mol. The van der Waals surface area contributed by atoms with E-state index in [1.54, 1.807) is 24.3 Å². The third-order valence-electron chi connectivity index (χ3n) is 3.87. The Balaban J connectivity index is 1.38. The summed E-state index contributed by atoms with van der Waals surface area (Å²) in [7, 11) is 0. The molecule has 0 bridgehead atoms. The van der Waals surface area contributed by atoms with E-state index in [1.807, 2.05) is 24.3 Å². The highest BCUT2D eigenvalue weighted by molar-refractivity contribution is 7.99. The molecule has 1 aromatic heterocycles. The molecule has 0 fully saturated rings. The van der Waals surface area contributed by atoms with Crippen LogP contribution in [-0.4, -0.2) is 34.3 Å². The van der Waals surface area contributed by atoms with Crippen molar-refractivity contribution in [2.24, 2.45) is 0 Å². The van der Waals surface area contributed by atoms with Gasteiger partial charge in [0.2, 0.25) is 11.0 Å². The normalized spacial score (nSPS) is 10.6. The molecule has 10 heteroatoms. The quantitative estimate of drug-likeness (QED) is 0.463. The summed E-state index contributed by atoms with van der Waals surface area (Å²) in [5, 5.41) is 15.8. The predicted molar refractivity (Wildman–Crippen MR) is 124 cm³/mol. The number of aromatic nitrogens is 2. The lowest BCUT2D eigenvalue weighted by Crippen LogP contribution is -2.25. The van der Waals surface area contributed by atoms with Crippen molar-refractivity contribution in [1.82, 2.24) is 15.5 Å². The molecule has 1 heterocycles. The molecule has 30 heavy (non-hydrogen) atoms. The molecule has 6 nitrogen and oxygen atoms in total. The zero-order chi connectivity index (χ0) is 21.3. The summed E-state index contributed by atoms with van der Waals surface area (Å²) in [6.45, 7) is 0.392. The molecule has 2 aromatic carbocycles. The van der Waals surface area contributed by atoms with Gasteiger partial charge in [-0.2, -0.15) is 0 Å². The second kappa shape index (κ2) is 11.3. The average molecular weight is 481 g/mol. The Morgan fingerprint density at radius 3 is 2.57 bits per heavy atom. The smallest absolute Gasteiger partial charge is 0.252 e. The summed E-state index contributed by atoms with van der Waals surface area (Å²) in [6.07, 6.45) is 0.509. The van der Waals surface area contributed by atoms with Crippen molar-refractivity contribution in [2.45, 2.75) is 12.2 Å². The molecule has 3 aromatic rings. The second-order valence-corrected chi connectivity index (χ2v) is 9.05. The fourth-order valence-corrected chi connectivity index (χ4v) is 4.32. The van der Waals surface area contributed by atoms with Crippen LogP contribution < -0.4 is 10.6 Å². The summed E-state index contributed by atoms with van der Waals surface area (Å²) in [6, 6.07) is 14.4. The molecule has 2 N–H and O–H groups in total. The molecule has 0 aliphatic carbocycles. The fraction of sp³-hybridized carbons (Fsp3) is 0.200. The van der Waals surface area contributed by atoms with E-state index in [9.17, 15) is 9.59 Å². The lowest BCUT2D eigenvalue weighted by molar-refractivity contribution is -0.113. The lowest BCUT2D eigenvalue weighted by Gasteiger charge is -2.05. The van der Waals surface area contributed by atoms with Crippen LogP contribution in [-0.2, 0) is 17.0 Å². The molecule has 0 saturated heterocycles. The number of thioether (sulfide) groups is 1. The second-order valence-electron chi connectivity index (χ2n) is 6.15. The maximum absolute atomic E-state index is 12.1. The minimum Gasteiger partial charge on any atom is -0.352 e. The van der Waals surface area contributed by atoms with E-state index >= 15 is 0 Å². The highest BCUT2D eigenvalue weighted by atomic mass is 35.5. The van der Waals surface area contributed by atoms with Gasteiger partial charge in [0.1, 0.15) is 5.01 Å². The molecule has 0 unspecified atom stereocenters. The fourth-order valence-electron chi connectivity index (χ4n) is 2.43. The van der Waals surface area contributed by atoms with Crippen LogP contribution in [0.5, 0.6) is 0 Å². The van der Waals surface area contributed by atoms with Gasteiger partial charge in [-0.15, -0.1) is 22.0 Å². The van der Waals surface area contributed by atoms with Gasteiger partial charge in [-0.3, -0.25) is 14.9 Å². The van der Waals surface area contributed by atoms with Crippen LogP contribution in [0.4, 0.5) is 5.13 Å². The van der Waals surface area contributed by atoms with Crippen molar-refractivity contribution >= 4 is 63.2 Å². The van der Waals surface area contributed by atoms with Crippen molar-refractivity contribution in [3.8, 4) is 0 Å². The first-order valence-electron chi connectivity index (χ1n) is 8.98. The van der Waals surface area contributed by atoms with E-state index in [2.05, 4.69) is 20.8 Å². The van der Waals surface area contributed by atoms with Gasteiger partial charge in [0, 0.05) is 23.7 Å². The van der Waals surface area contributed by atoms with E-state index in [0.29, 0.717) is 39.5 Å². The van der Waals surface area contributed by atoms with Gasteiger partial charge in [-0.25, -0.2) is 0 Å². The zero-order valence-electron chi connectivity index (χ0n) is 15.7. The first-order chi connectivity index (χ1) is 14.5. The van der Waals surface area contributed by atoms with Crippen LogP contribution in [0.3, 0.4) is 0 Å². The van der Waals surface area contributed by atoms with Gasteiger partial charge >= 0.3 is 0 Å². The third kappa shape index (κ3) is 6.98. The van der Waals surface area contributed by atoms with Gasteiger partial charge in [-0.1, -0.05) is 58.8 Å². The molecule has 0 saturated carbocycles. The van der Waals surface area contributed by atoms with Crippen molar-refractivity contribution in [3.63, 3.8) is 0 Å². The van der Waals surface area contributed by atoms with E-state index in [-0.39, 0.29) is 11.8 Å². The standard InChI is InChI=1S/C20H18Cl2N4O2S2/c21-14-7-5-13(6-8-14)11-29-12-17(27)24-20-26-25-18(30-20)9-10-23-19(28)15-3-1-2-4-16(15)22/h1-8H,9-12H2,(H,23,28)(H,24,26,27). The Morgan fingerprint density at radius 2 is 1.80 bits per heavy atom. The number of carbonyl (C=O) groups is 2. The molecule has 0 atom stereocenters. The number of nitrogens with zero attached hydrogens (tertiary/aromatic N) is 2. The monoisotopic (exact) mass is 480 g/mol. The maximum Gasteiger partial charge on any atom is 0.252 e. The van der Waals surface area contributed by atoms with Gasteiger partial charge < -0.3 is 5.32 Å². The number of hydrogen-bond donors (Lipinski definition) is 2. The summed E-state index contributed by atoms with van der Waals surface area (Å²) >= 11 is 14.7. The Labute approximate surface area is 192 Å². The van der Waals surface area contributed by atoms with Gasteiger partial charge in [0.05, 0.1) is 16.3 Å². The first kappa shape index (κ1) is 22.6. The number of anilines is 1. The highest BCUT2D eigenvalue weighted by Gasteiger charge is 2.11. The number of carbonyl (C=O) groups excluding carboxylic acids is 2. The maximum atomic E-state index is 12.1. The minimum absolute atomic E-state index is 0.135. The molecular formula is C20H18Cl2N4O2S2. The average Bonchev–Trinajstić information content (AvgIpc) is 3.16. The number of halogens is 2. The summed E-state index contributed by atoms with van der Waals surface area (Å²) in [4.78, 5) is 24.2. The summed E-state index contributed by atoms with van der Waals surface area (Å²) in [5.41, 5.74) is 1.54. The van der Waals surface area contributed by atoms with E-state index < -0.39 is 0 Å². The lowest BCUT2D eigenvalue weighted by atomic mass is 10.2. The van der Waals surface area contributed by atoms with Crippen molar-refractivity contribution in [3.05, 3.63) is 74.7 Å². The minimum atomic E-state index is -0.239. The molecule has 0 aliphatic heterocycles. The Hall–Kier alpha value is -2.13. The topological polar surface area (TPSA) is 84.0 Å². The van der Waals surface area contributed by atoms with E-state index in [0.717, 1.165) is 16.3 Å². The van der Waals surface area contributed by atoms with E-state index in [1.165, 1.54) is 23.1 Å². The van der Waals surface area contributed by atoms with Crippen molar-refractivity contribution in [1.29, 1.82) is 0 Å². The number of amides is 2. The number of rotatable bonds is 9. The van der Waals surface area contributed by atoms with Crippen LogP contribution in [0, 0.1) is 0 Å². The highest BCUT2D eigenvalue weighted by Crippen LogP contribution is 2.18. The number of nitrogens with one attached hydrogen (secondary N) is 2. The summed E-state index contributed by atoms with van der Waals surface area (Å²) in [5.74, 6) is 0.655.